The Kier molecular flexibility index (Phi) is 2.00. The zero-order chi connectivity index (χ0) is 8.27. The Bertz CT molecular complexity index is 274. The van der Waals surface area contributed by atoms with Gasteiger partial charge < -0.3 is 9.84 Å². The van der Waals surface area contributed by atoms with Crippen LogP contribution in [0.1, 0.15) is 10.5 Å². The van der Waals surface area contributed by atoms with E-state index >= 15 is 0 Å². The van der Waals surface area contributed by atoms with E-state index in [0.29, 0.717) is 0 Å². The Morgan fingerprint density at radius 3 is 2.91 bits per heavy atom. The SMILES string of the molecule is COC(=O)c1cncc(O)n1. The van der Waals surface area contributed by atoms with Gasteiger partial charge in [0.25, 0.3) is 0 Å². The summed E-state index contributed by atoms with van der Waals surface area (Å²) in [6.07, 6.45) is 2.35. The number of carbonyl (C=O) groups is 1. The summed E-state index contributed by atoms with van der Waals surface area (Å²) >= 11 is 0. The Morgan fingerprint density at radius 2 is 2.36 bits per heavy atom. The summed E-state index contributed by atoms with van der Waals surface area (Å²) in [7, 11) is 1.23. The molecule has 0 unspecified atom stereocenters. The first-order chi connectivity index (χ1) is 5.24. The van der Waals surface area contributed by atoms with E-state index in [1.807, 2.05) is 0 Å². The van der Waals surface area contributed by atoms with Crippen molar-refractivity contribution in [3.05, 3.63) is 18.1 Å². The van der Waals surface area contributed by atoms with Crippen molar-refractivity contribution in [2.45, 2.75) is 0 Å². The van der Waals surface area contributed by atoms with E-state index in [1.54, 1.807) is 0 Å². The second-order valence-electron chi connectivity index (χ2n) is 1.75. The number of hydrogen-bond acceptors (Lipinski definition) is 5. The van der Waals surface area contributed by atoms with Crippen LogP contribution in [0.15, 0.2) is 12.4 Å². The van der Waals surface area contributed by atoms with E-state index in [2.05, 4.69) is 14.7 Å². The summed E-state index contributed by atoms with van der Waals surface area (Å²) in [6, 6.07) is 0. The molecule has 11 heavy (non-hydrogen) atoms. The normalized spacial score (nSPS) is 9.18. The van der Waals surface area contributed by atoms with Crippen LogP contribution in [-0.2, 0) is 4.74 Å². The molecule has 5 heteroatoms. The number of aromatic nitrogens is 2. The molecule has 0 aliphatic heterocycles. The summed E-state index contributed by atoms with van der Waals surface area (Å²) in [4.78, 5) is 17.7. The summed E-state index contributed by atoms with van der Waals surface area (Å²) in [5.74, 6) is -0.915. The van der Waals surface area contributed by atoms with E-state index in [4.69, 9.17) is 5.11 Å². The van der Waals surface area contributed by atoms with Crippen molar-refractivity contribution < 1.29 is 14.6 Å². The highest BCUT2D eigenvalue weighted by Gasteiger charge is 2.06. The first-order valence-electron chi connectivity index (χ1n) is 2.83. The molecular formula is C6H6N2O3. The minimum atomic E-state index is -0.617. The standard InChI is InChI=1S/C6H6N2O3/c1-11-6(10)4-2-7-3-5(9)8-4/h2-3H,1H3,(H,8,9). The summed E-state index contributed by atoms with van der Waals surface area (Å²) in [5, 5.41) is 8.78. The fourth-order valence-corrected chi connectivity index (χ4v) is 0.559. The van der Waals surface area contributed by atoms with E-state index in [9.17, 15) is 4.79 Å². The van der Waals surface area contributed by atoms with Crippen LogP contribution in [0.3, 0.4) is 0 Å². The highest BCUT2D eigenvalue weighted by Crippen LogP contribution is 2.02. The van der Waals surface area contributed by atoms with E-state index in [0.717, 1.165) is 6.20 Å². The quantitative estimate of drug-likeness (QED) is 0.575. The van der Waals surface area contributed by atoms with E-state index in [-0.39, 0.29) is 11.6 Å². The molecule has 0 aliphatic carbocycles. The van der Waals surface area contributed by atoms with Crippen LogP contribution >= 0.6 is 0 Å². The second-order valence-corrected chi connectivity index (χ2v) is 1.75. The third-order valence-corrected chi connectivity index (χ3v) is 1.02. The maximum absolute atomic E-state index is 10.7. The van der Waals surface area contributed by atoms with E-state index in [1.165, 1.54) is 13.3 Å². The molecule has 0 aliphatic rings. The Morgan fingerprint density at radius 1 is 1.64 bits per heavy atom. The van der Waals surface area contributed by atoms with Crippen molar-refractivity contribution in [2.24, 2.45) is 0 Å². The van der Waals surface area contributed by atoms with Gasteiger partial charge in [-0.15, -0.1) is 0 Å². The molecule has 58 valence electrons. The smallest absolute Gasteiger partial charge is 0.358 e. The molecule has 0 saturated heterocycles. The topological polar surface area (TPSA) is 72.3 Å². The van der Waals surface area contributed by atoms with Gasteiger partial charge in [-0.2, -0.15) is 0 Å². The monoisotopic (exact) mass is 154 g/mol. The number of methoxy groups -OCH3 is 1. The lowest BCUT2D eigenvalue weighted by Gasteiger charge is -1.96. The summed E-state index contributed by atoms with van der Waals surface area (Å²) < 4.78 is 4.34. The van der Waals surface area contributed by atoms with Crippen molar-refractivity contribution in [1.29, 1.82) is 0 Å². The zero-order valence-electron chi connectivity index (χ0n) is 5.81. The van der Waals surface area contributed by atoms with Crippen molar-refractivity contribution in [3.8, 4) is 5.88 Å². The van der Waals surface area contributed by atoms with Crippen LogP contribution in [0.5, 0.6) is 5.88 Å². The largest absolute Gasteiger partial charge is 0.492 e. The maximum atomic E-state index is 10.7. The Labute approximate surface area is 62.7 Å². The molecule has 0 atom stereocenters. The lowest BCUT2D eigenvalue weighted by Crippen LogP contribution is -2.04. The molecule has 1 aromatic heterocycles. The predicted molar refractivity (Wildman–Crippen MR) is 35.0 cm³/mol. The summed E-state index contributed by atoms with van der Waals surface area (Å²) in [5.41, 5.74) is -0.00694. The van der Waals surface area contributed by atoms with Crippen LogP contribution < -0.4 is 0 Å². The molecule has 0 saturated carbocycles. The molecule has 0 spiro atoms. The molecule has 1 heterocycles. The molecule has 5 nitrogen and oxygen atoms in total. The van der Waals surface area contributed by atoms with Gasteiger partial charge in [0.1, 0.15) is 0 Å². The van der Waals surface area contributed by atoms with Gasteiger partial charge in [-0.25, -0.2) is 9.78 Å². The van der Waals surface area contributed by atoms with Gasteiger partial charge in [0.2, 0.25) is 5.88 Å². The number of rotatable bonds is 1. The van der Waals surface area contributed by atoms with Gasteiger partial charge in [-0.05, 0) is 0 Å². The van der Waals surface area contributed by atoms with Gasteiger partial charge in [0.15, 0.2) is 5.69 Å². The van der Waals surface area contributed by atoms with Crippen LogP contribution in [0.2, 0.25) is 0 Å². The van der Waals surface area contributed by atoms with Crippen LogP contribution in [0, 0.1) is 0 Å². The maximum Gasteiger partial charge on any atom is 0.358 e. The Balaban J connectivity index is 2.96. The molecule has 0 fully saturated rings. The average molecular weight is 154 g/mol. The first-order valence-corrected chi connectivity index (χ1v) is 2.83. The third-order valence-electron chi connectivity index (χ3n) is 1.02. The second kappa shape index (κ2) is 2.96. The average Bonchev–Trinajstić information content (AvgIpc) is 2.03. The van der Waals surface area contributed by atoms with Crippen molar-refractivity contribution in [3.63, 3.8) is 0 Å². The van der Waals surface area contributed by atoms with Crippen molar-refractivity contribution in [1.82, 2.24) is 9.97 Å². The molecule has 0 amide bonds. The number of carbonyl (C=O) groups excluding carboxylic acids is 1. The predicted octanol–water partition coefficient (Wildman–Crippen LogP) is -0.0312. The number of aromatic hydroxyl groups is 1. The van der Waals surface area contributed by atoms with E-state index < -0.39 is 5.97 Å². The number of hydrogen-bond donors (Lipinski definition) is 1. The van der Waals surface area contributed by atoms with Crippen LogP contribution in [0.4, 0.5) is 0 Å². The number of ether oxygens (including phenoxy) is 1. The lowest BCUT2D eigenvalue weighted by molar-refractivity contribution is 0.0592. The highest BCUT2D eigenvalue weighted by molar-refractivity contribution is 5.86. The summed E-state index contributed by atoms with van der Waals surface area (Å²) in [6.45, 7) is 0. The van der Waals surface area contributed by atoms with Gasteiger partial charge in [-0.3, -0.25) is 4.98 Å². The third kappa shape index (κ3) is 1.64. The fourth-order valence-electron chi connectivity index (χ4n) is 0.559. The molecule has 0 bridgehead atoms. The zero-order valence-corrected chi connectivity index (χ0v) is 5.81. The molecular weight excluding hydrogens is 148 g/mol. The van der Waals surface area contributed by atoms with Gasteiger partial charge in [0.05, 0.1) is 19.5 Å². The van der Waals surface area contributed by atoms with Gasteiger partial charge in [0, 0.05) is 0 Å². The van der Waals surface area contributed by atoms with Crippen molar-refractivity contribution >= 4 is 5.97 Å². The Hall–Kier alpha value is -1.65. The first kappa shape index (κ1) is 7.46. The number of esters is 1. The van der Waals surface area contributed by atoms with Crippen LogP contribution in [0.25, 0.3) is 0 Å². The van der Waals surface area contributed by atoms with Gasteiger partial charge >= 0.3 is 5.97 Å². The van der Waals surface area contributed by atoms with Crippen molar-refractivity contribution in [2.75, 3.05) is 7.11 Å². The van der Waals surface area contributed by atoms with Gasteiger partial charge in [-0.1, -0.05) is 0 Å². The minimum Gasteiger partial charge on any atom is -0.492 e. The molecule has 1 aromatic rings. The lowest BCUT2D eigenvalue weighted by atomic mass is 10.4. The molecule has 0 aromatic carbocycles. The molecule has 0 radical (unpaired) electrons. The highest BCUT2D eigenvalue weighted by atomic mass is 16.5. The molecule has 1 N–H and O–H groups in total. The number of nitrogens with zero attached hydrogens (tertiary/aromatic N) is 2. The minimum absolute atomic E-state index is 0.00694. The molecule has 1 rings (SSSR count). The fraction of sp³-hybridized carbons (Fsp3) is 0.167. The van der Waals surface area contributed by atoms with Crippen LogP contribution in [-0.4, -0.2) is 28.2 Å².